The summed E-state index contributed by atoms with van der Waals surface area (Å²) >= 11 is 0. The summed E-state index contributed by atoms with van der Waals surface area (Å²) in [7, 11) is -1.79. The summed E-state index contributed by atoms with van der Waals surface area (Å²) in [4.78, 5) is 0. The molecule has 0 aliphatic rings. The van der Waals surface area contributed by atoms with Crippen molar-refractivity contribution in [2.45, 2.75) is 12.8 Å². The monoisotopic (exact) mass is 436 g/mol. The molecule has 0 unspecified atom stereocenters. The Morgan fingerprint density at radius 3 is 1.31 bits per heavy atom. The molecule has 0 aromatic heterocycles. The van der Waals surface area contributed by atoms with Crippen molar-refractivity contribution in [3.63, 3.8) is 0 Å². The van der Waals surface area contributed by atoms with Gasteiger partial charge in [0.15, 0.2) is 0 Å². The van der Waals surface area contributed by atoms with Crippen LogP contribution in [0, 0.1) is 5.41 Å². The highest BCUT2D eigenvalue weighted by Crippen LogP contribution is 2.29. The van der Waals surface area contributed by atoms with E-state index in [0.29, 0.717) is 32.7 Å². The third kappa shape index (κ3) is 8.27. The molecule has 0 amide bonds. The second kappa shape index (κ2) is 12.8. The largest absolute Gasteiger partial charge is 0.633 e. The predicted molar refractivity (Wildman–Crippen MR) is 124 cm³/mol. The van der Waals surface area contributed by atoms with E-state index in [1.54, 1.807) is 0 Å². The number of benzene rings is 3. The standard InChI is InChI=1S/C25H29BO6/c27-26(28)32-18-10-17-25(19-29-22-11-4-1-5-12-22,20-30-23-13-6-2-7-14-23)21-31-24-15-8-3-9-16-24/h1-9,11-16,27-28H,10,17-21H2. The fourth-order valence-corrected chi connectivity index (χ4v) is 3.24. The van der Waals surface area contributed by atoms with Gasteiger partial charge in [-0.05, 0) is 49.2 Å². The van der Waals surface area contributed by atoms with Gasteiger partial charge in [-0.2, -0.15) is 0 Å². The molecular weight excluding hydrogens is 407 g/mol. The maximum atomic E-state index is 9.00. The molecule has 6 nitrogen and oxygen atoms in total. The molecule has 0 aliphatic heterocycles. The zero-order chi connectivity index (χ0) is 22.5. The van der Waals surface area contributed by atoms with Crippen molar-refractivity contribution in [3.05, 3.63) is 91.0 Å². The Morgan fingerprint density at radius 1 is 0.594 bits per heavy atom. The van der Waals surface area contributed by atoms with Crippen molar-refractivity contribution in [2.24, 2.45) is 5.41 Å². The molecule has 0 atom stereocenters. The molecule has 0 spiro atoms. The Kier molecular flexibility index (Phi) is 9.44. The van der Waals surface area contributed by atoms with Crippen molar-refractivity contribution >= 4 is 7.32 Å². The first-order chi connectivity index (χ1) is 15.7. The molecule has 2 N–H and O–H groups in total. The Morgan fingerprint density at radius 2 is 0.969 bits per heavy atom. The van der Waals surface area contributed by atoms with Crippen LogP contribution in [-0.2, 0) is 4.65 Å². The van der Waals surface area contributed by atoms with Crippen molar-refractivity contribution in [3.8, 4) is 17.2 Å². The van der Waals surface area contributed by atoms with Gasteiger partial charge in [-0.3, -0.25) is 0 Å². The van der Waals surface area contributed by atoms with E-state index in [0.717, 1.165) is 17.2 Å². The number of rotatable bonds is 14. The fourth-order valence-electron chi connectivity index (χ4n) is 3.24. The molecule has 0 bridgehead atoms. The first-order valence-electron chi connectivity index (χ1n) is 10.7. The summed E-state index contributed by atoms with van der Waals surface area (Å²) in [6.07, 6.45) is 1.21. The van der Waals surface area contributed by atoms with Crippen LogP contribution in [0.15, 0.2) is 91.0 Å². The van der Waals surface area contributed by atoms with Gasteiger partial charge in [0, 0.05) is 6.61 Å². The smallest absolute Gasteiger partial charge is 0.493 e. The van der Waals surface area contributed by atoms with Crippen LogP contribution < -0.4 is 14.2 Å². The van der Waals surface area contributed by atoms with Gasteiger partial charge in [0.2, 0.25) is 0 Å². The van der Waals surface area contributed by atoms with Crippen molar-refractivity contribution in [1.82, 2.24) is 0 Å². The Bertz CT molecular complexity index is 771. The second-order valence-corrected chi connectivity index (χ2v) is 7.61. The average molecular weight is 436 g/mol. The molecule has 3 rings (SSSR count). The molecule has 32 heavy (non-hydrogen) atoms. The summed E-state index contributed by atoms with van der Waals surface area (Å²) < 4.78 is 23.3. The van der Waals surface area contributed by atoms with Gasteiger partial charge in [-0.15, -0.1) is 0 Å². The van der Waals surface area contributed by atoms with Gasteiger partial charge in [0.25, 0.3) is 0 Å². The average Bonchev–Trinajstić information content (AvgIpc) is 2.84. The van der Waals surface area contributed by atoms with Crippen LogP contribution in [0.2, 0.25) is 0 Å². The summed E-state index contributed by atoms with van der Waals surface area (Å²) in [5.74, 6) is 2.29. The van der Waals surface area contributed by atoms with Crippen molar-refractivity contribution in [1.29, 1.82) is 0 Å². The molecule has 3 aromatic rings. The number of para-hydroxylation sites is 3. The molecule has 168 valence electrons. The summed E-state index contributed by atoms with van der Waals surface area (Å²) in [6.45, 7) is 1.27. The lowest BCUT2D eigenvalue weighted by Crippen LogP contribution is -2.41. The van der Waals surface area contributed by atoms with Gasteiger partial charge >= 0.3 is 7.32 Å². The Balaban J connectivity index is 1.75. The van der Waals surface area contributed by atoms with Gasteiger partial charge < -0.3 is 28.9 Å². The van der Waals surface area contributed by atoms with Crippen LogP contribution >= 0.6 is 0 Å². The van der Waals surface area contributed by atoms with E-state index in [1.807, 2.05) is 91.0 Å². The zero-order valence-electron chi connectivity index (χ0n) is 18.0. The van der Waals surface area contributed by atoms with Crippen LogP contribution in [-0.4, -0.2) is 43.8 Å². The van der Waals surface area contributed by atoms with E-state index in [4.69, 9.17) is 28.9 Å². The van der Waals surface area contributed by atoms with E-state index in [1.165, 1.54) is 0 Å². The SMILES string of the molecule is OB(O)OCCCC(COc1ccccc1)(COc1ccccc1)COc1ccccc1. The van der Waals surface area contributed by atoms with Crippen molar-refractivity contribution in [2.75, 3.05) is 26.4 Å². The van der Waals surface area contributed by atoms with Crippen LogP contribution in [0.25, 0.3) is 0 Å². The summed E-state index contributed by atoms with van der Waals surface area (Å²) in [6, 6.07) is 28.8. The topological polar surface area (TPSA) is 77.4 Å². The molecule has 0 saturated heterocycles. The Hall–Kier alpha value is -3.00. The van der Waals surface area contributed by atoms with Crippen LogP contribution in [0.1, 0.15) is 12.8 Å². The lowest BCUT2D eigenvalue weighted by Gasteiger charge is -2.33. The zero-order valence-corrected chi connectivity index (χ0v) is 18.0. The maximum absolute atomic E-state index is 9.00. The van der Waals surface area contributed by atoms with Crippen LogP contribution in [0.3, 0.4) is 0 Å². The minimum atomic E-state index is -1.79. The van der Waals surface area contributed by atoms with Crippen LogP contribution in [0.4, 0.5) is 0 Å². The highest BCUT2D eigenvalue weighted by atomic mass is 16.6. The van der Waals surface area contributed by atoms with Gasteiger partial charge in [0.1, 0.15) is 37.1 Å². The van der Waals surface area contributed by atoms with E-state index in [2.05, 4.69) is 0 Å². The van der Waals surface area contributed by atoms with Gasteiger partial charge in [-0.25, -0.2) is 0 Å². The summed E-state index contributed by atoms with van der Waals surface area (Å²) in [5.41, 5.74) is -0.509. The van der Waals surface area contributed by atoms with E-state index < -0.39 is 12.7 Å². The van der Waals surface area contributed by atoms with E-state index in [-0.39, 0.29) is 6.61 Å². The Labute approximate surface area is 189 Å². The minimum absolute atomic E-state index is 0.196. The predicted octanol–water partition coefficient (Wildman–Crippen LogP) is 3.98. The van der Waals surface area contributed by atoms with Crippen molar-refractivity contribution < 1.29 is 28.9 Å². The molecule has 0 fully saturated rings. The van der Waals surface area contributed by atoms with E-state index in [9.17, 15) is 0 Å². The fraction of sp³-hybridized carbons (Fsp3) is 0.280. The lowest BCUT2D eigenvalue weighted by atomic mass is 9.85. The summed E-state index contributed by atoms with van der Waals surface area (Å²) in [5, 5.41) is 18.0. The first-order valence-corrected chi connectivity index (χ1v) is 10.7. The maximum Gasteiger partial charge on any atom is 0.633 e. The number of hydrogen-bond acceptors (Lipinski definition) is 6. The molecule has 7 heteroatoms. The quantitative estimate of drug-likeness (QED) is 0.294. The molecule has 0 saturated carbocycles. The highest BCUT2D eigenvalue weighted by molar-refractivity contribution is 6.32. The second-order valence-electron chi connectivity index (χ2n) is 7.61. The third-order valence-corrected chi connectivity index (χ3v) is 4.98. The molecule has 0 aliphatic carbocycles. The van der Waals surface area contributed by atoms with Gasteiger partial charge in [-0.1, -0.05) is 54.6 Å². The number of ether oxygens (including phenoxy) is 3. The number of hydrogen-bond donors (Lipinski definition) is 2. The molecule has 3 aromatic carbocycles. The van der Waals surface area contributed by atoms with Gasteiger partial charge in [0.05, 0.1) is 5.41 Å². The first kappa shape index (κ1) is 23.7. The molecule has 0 heterocycles. The minimum Gasteiger partial charge on any atom is -0.493 e. The molecule has 0 radical (unpaired) electrons. The highest BCUT2D eigenvalue weighted by Gasteiger charge is 2.34. The molecular formula is C25H29BO6. The third-order valence-electron chi connectivity index (χ3n) is 4.98. The normalized spacial score (nSPS) is 11.1. The van der Waals surface area contributed by atoms with E-state index >= 15 is 0 Å². The lowest BCUT2D eigenvalue weighted by molar-refractivity contribution is 0.0201. The van der Waals surface area contributed by atoms with Crippen LogP contribution in [0.5, 0.6) is 17.2 Å².